The summed E-state index contributed by atoms with van der Waals surface area (Å²) in [6.45, 7) is 0. The SMILES string of the molecule is NC(CCCCc1cc[nH]c1)C(=O)O. The van der Waals surface area contributed by atoms with Gasteiger partial charge in [-0.1, -0.05) is 6.42 Å². The van der Waals surface area contributed by atoms with Crippen molar-refractivity contribution in [2.24, 2.45) is 5.73 Å². The van der Waals surface area contributed by atoms with Gasteiger partial charge in [-0.25, -0.2) is 0 Å². The summed E-state index contributed by atoms with van der Waals surface area (Å²) in [5, 5.41) is 8.54. The highest BCUT2D eigenvalue weighted by Gasteiger charge is 2.09. The molecular weight excluding hydrogens is 180 g/mol. The molecule has 0 saturated carbocycles. The number of aromatic nitrogens is 1. The number of aromatic amines is 1. The first kappa shape index (κ1) is 10.8. The second-order valence-electron chi connectivity index (χ2n) is 3.41. The molecule has 1 atom stereocenters. The predicted molar refractivity (Wildman–Crippen MR) is 54.0 cm³/mol. The average molecular weight is 196 g/mol. The highest BCUT2D eigenvalue weighted by molar-refractivity contribution is 5.72. The van der Waals surface area contributed by atoms with Crippen LogP contribution in [0.5, 0.6) is 0 Å². The van der Waals surface area contributed by atoms with E-state index >= 15 is 0 Å². The van der Waals surface area contributed by atoms with Crippen molar-refractivity contribution in [1.82, 2.24) is 4.98 Å². The van der Waals surface area contributed by atoms with Crippen molar-refractivity contribution in [3.63, 3.8) is 0 Å². The molecule has 1 rings (SSSR count). The van der Waals surface area contributed by atoms with E-state index in [1.807, 2.05) is 18.5 Å². The fourth-order valence-electron chi connectivity index (χ4n) is 1.33. The van der Waals surface area contributed by atoms with Crippen molar-refractivity contribution in [3.8, 4) is 0 Å². The van der Waals surface area contributed by atoms with Crippen LogP contribution in [0, 0.1) is 0 Å². The number of unbranched alkanes of at least 4 members (excludes halogenated alkanes) is 1. The number of H-pyrrole nitrogens is 1. The van der Waals surface area contributed by atoms with E-state index in [1.54, 1.807) is 0 Å². The Morgan fingerprint density at radius 1 is 1.57 bits per heavy atom. The van der Waals surface area contributed by atoms with Crippen LogP contribution in [0.3, 0.4) is 0 Å². The van der Waals surface area contributed by atoms with E-state index < -0.39 is 12.0 Å². The van der Waals surface area contributed by atoms with Gasteiger partial charge in [-0.3, -0.25) is 4.79 Å². The summed E-state index contributed by atoms with van der Waals surface area (Å²) < 4.78 is 0. The molecule has 4 heteroatoms. The fraction of sp³-hybridized carbons (Fsp3) is 0.500. The van der Waals surface area contributed by atoms with Crippen molar-refractivity contribution in [3.05, 3.63) is 24.0 Å². The molecule has 14 heavy (non-hydrogen) atoms. The molecule has 0 aliphatic heterocycles. The summed E-state index contributed by atoms with van der Waals surface area (Å²) in [6, 6.07) is 1.32. The van der Waals surface area contributed by atoms with Crippen molar-refractivity contribution < 1.29 is 9.90 Å². The molecule has 1 unspecified atom stereocenters. The lowest BCUT2D eigenvalue weighted by molar-refractivity contribution is -0.138. The second-order valence-corrected chi connectivity index (χ2v) is 3.41. The first-order valence-corrected chi connectivity index (χ1v) is 4.80. The van der Waals surface area contributed by atoms with Crippen molar-refractivity contribution in [2.45, 2.75) is 31.7 Å². The molecule has 4 N–H and O–H groups in total. The summed E-state index contributed by atoms with van der Waals surface area (Å²) in [4.78, 5) is 13.4. The highest BCUT2D eigenvalue weighted by atomic mass is 16.4. The second kappa shape index (κ2) is 5.44. The van der Waals surface area contributed by atoms with Crippen LogP contribution in [0.2, 0.25) is 0 Å². The molecule has 1 aromatic heterocycles. The quantitative estimate of drug-likeness (QED) is 0.597. The Morgan fingerprint density at radius 3 is 2.93 bits per heavy atom. The Labute approximate surface area is 83.1 Å². The molecule has 0 saturated heterocycles. The van der Waals surface area contributed by atoms with Gasteiger partial charge in [0.25, 0.3) is 0 Å². The van der Waals surface area contributed by atoms with Crippen LogP contribution in [-0.2, 0) is 11.2 Å². The Morgan fingerprint density at radius 2 is 2.36 bits per heavy atom. The van der Waals surface area contributed by atoms with Gasteiger partial charge in [-0.05, 0) is 30.9 Å². The van der Waals surface area contributed by atoms with Crippen LogP contribution in [0.25, 0.3) is 0 Å². The highest BCUT2D eigenvalue weighted by Crippen LogP contribution is 2.06. The van der Waals surface area contributed by atoms with Gasteiger partial charge in [-0.15, -0.1) is 0 Å². The van der Waals surface area contributed by atoms with E-state index in [-0.39, 0.29) is 0 Å². The zero-order chi connectivity index (χ0) is 10.4. The molecule has 0 amide bonds. The lowest BCUT2D eigenvalue weighted by Crippen LogP contribution is -2.29. The lowest BCUT2D eigenvalue weighted by Gasteiger charge is -2.04. The number of carboxylic acid groups (broad SMARTS) is 1. The molecule has 0 radical (unpaired) electrons. The third-order valence-corrected chi connectivity index (χ3v) is 2.21. The molecule has 1 heterocycles. The van der Waals surface area contributed by atoms with Gasteiger partial charge in [0.15, 0.2) is 0 Å². The van der Waals surface area contributed by atoms with E-state index in [0.717, 1.165) is 19.3 Å². The van der Waals surface area contributed by atoms with Crippen LogP contribution in [0.1, 0.15) is 24.8 Å². The average Bonchev–Trinajstić information content (AvgIpc) is 2.64. The molecule has 1 aromatic rings. The van der Waals surface area contributed by atoms with E-state index in [2.05, 4.69) is 4.98 Å². The van der Waals surface area contributed by atoms with Gasteiger partial charge in [0.2, 0.25) is 0 Å². The minimum Gasteiger partial charge on any atom is -0.480 e. The molecular formula is C10H16N2O2. The Bertz CT molecular complexity index is 270. The van der Waals surface area contributed by atoms with Crippen LogP contribution in [-0.4, -0.2) is 22.1 Å². The smallest absolute Gasteiger partial charge is 0.320 e. The topological polar surface area (TPSA) is 79.1 Å². The summed E-state index contributed by atoms with van der Waals surface area (Å²) in [5.74, 6) is -0.911. The number of nitrogens with one attached hydrogen (secondary N) is 1. The summed E-state index contributed by atoms with van der Waals surface area (Å²) in [7, 11) is 0. The summed E-state index contributed by atoms with van der Waals surface area (Å²) in [5.41, 5.74) is 6.63. The van der Waals surface area contributed by atoms with Crippen molar-refractivity contribution >= 4 is 5.97 Å². The molecule has 0 aromatic carbocycles. The zero-order valence-corrected chi connectivity index (χ0v) is 8.07. The third kappa shape index (κ3) is 3.62. The van der Waals surface area contributed by atoms with Gasteiger partial charge >= 0.3 is 5.97 Å². The minimum atomic E-state index is -0.911. The number of nitrogens with two attached hydrogens (primary N) is 1. The normalized spacial score (nSPS) is 12.6. The van der Waals surface area contributed by atoms with Gasteiger partial charge in [0.1, 0.15) is 6.04 Å². The number of aliphatic carboxylic acids is 1. The van der Waals surface area contributed by atoms with E-state index in [0.29, 0.717) is 6.42 Å². The molecule has 78 valence electrons. The minimum absolute atomic E-state index is 0.555. The molecule has 0 fully saturated rings. The Balaban J connectivity index is 2.08. The molecule has 0 bridgehead atoms. The zero-order valence-electron chi connectivity index (χ0n) is 8.07. The molecule has 0 aliphatic carbocycles. The first-order valence-electron chi connectivity index (χ1n) is 4.80. The van der Waals surface area contributed by atoms with Crippen LogP contribution in [0.15, 0.2) is 18.5 Å². The summed E-state index contributed by atoms with van der Waals surface area (Å²) in [6.07, 6.45) is 7.22. The largest absolute Gasteiger partial charge is 0.480 e. The maximum atomic E-state index is 10.4. The van der Waals surface area contributed by atoms with Crippen LogP contribution in [0.4, 0.5) is 0 Å². The number of aryl methyl sites for hydroxylation is 1. The third-order valence-electron chi connectivity index (χ3n) is 2.21. The fourth-order valence-corrected chi connectivity index (χ4v) is 1.33. The molecule has 0 spiro atoms. The Hall–Kier alpha value is -1.29. The standard InChI is InChI=1S/C10H16N2O2/c11-9(10(13)14)4-2-1-3-8-5-6-12-7-8/h5-7,9,12H,1-4,11H2,(H,13,14). The van der Waals surface area contributed by atoms with Gasteiger partial charge < -0.3 is 15.8 Å². The lowest BCUT2D eigenvalue weighted by atomic mass is 10.1. The number of carbonyl (C=O) groups is 1. The van der Waals surface area contributed by atoms with Gasteiger partial charge in [0, 0.05) is 12.4 Å². The number of carboxylic acids is 1. The number of hydrogen-bond acceptors (Lipinski definition) is 2. The van der Waals surface area contributed by atoms with E-state index in [1.165, 1.54) is 5.56 Å². The molecule has 0 aliphatic rings. The first-order chi connectivity index (χ1) is 6.70. The Kier molecular flexibility index (Phi) is 4.19. The van der Waals surface area contributed by atoms with Crippen LogP contribution < -0.4 is 5.73 Å². The van der Waals surface area contributed by atoms with E-state index in [9.17, 15) is 4.79 Å². The van der Waals surface area contributed by atoms with Crippen molar-refractivity contribution in [2.75, 3.05) is 0 Å². The monoisotopic (exact) mass is 196 g/mol. The van der Waals surface area contributed by atoms with E-state index in [4.69, 9.17) is 10.8 Å². The van der Waals surface area contributed by atoms with Gasteiger partial charge in [0.05, 0.1) is 0 Å². The maximum Gasteiger partial charge on any atom is 0.320 e. The summed E-state index contributed by atoms with van der Waals surface area (Å²) >= 11 is 0. The van der Waals surface area contributed by atoms with Gasteiger partial charge in [-0.2, -0.15) is 0 Å². The maximum absolute atomic E-state index is 10.4. The van der Waals surface area contributed by atoms with Crippen molar-refractivity contribution in [1.29, 1.82) is 0 Å². The number of rotatable bonds is 6. The molecule has 4 nitrogen and oxygen atoms in total. The predicted octanol–water partition coefficient (Wildman–Crippen LogP) is 1.14. The van der Waals surface area contributed by atoms with Crippen LogP contribution >= 0.6 is 0 Å². The number of hydrogen-bond donors (Lipinski definition) is 3.